The molecule has 0 amide bonds. The monoisotopic (exact) mass is 273 g/mol. The second-order valence-corrected chi connectivity index (χ2v) is 4.36. The highest BCUT2D eigenvalue weighted by Gasteiger charge is 2.10. The molecule has 15 heavy (non-hydrogen) atoms. The Morgan fingerprint density at radius 1 is 1.53 bits per heavy atom. The first-order valence-electron chi connectivity index (χ1n) is 4.81. The van der Waals surface area contributed by atoms with Crippen LogP contribution in [-0.2, 0) is 6.42 Å². The largest absolute Gasteiger partial charge is 0.507 e. The van der Waals surface area contributed by atoms with E-state index in [4.69, 9.17) is 4.74 Å². The van der Waals surface area contributed by atoms with Gasteiger partial charge in [-0.3, -0.25) is 0 Å². The van der Waals surface area contributed by atoms with Gasteiger partial charge in [0.25, 0.3) is 0 Å². The number of benzene rings is 1. The number of phenolic OH excluding ortho intramolecular Hbond substituents is 1. The van der Waals surface area contributed by atoms with Gasteiger partial charge in [0.15, 0.2) is 0 Å². The van der Waals surface area contributed by atoms with Gasteiger partial charge >= 0.3 is 0 Å². The maximum atomic E-state index is 9.58. The summed E-state index contributed by atoms with van der Waals surface area (Å²) in [4.78, 5) is 0. The van der Waals surface area contributed by atoms with E-state index in [0.29, 0.717) is 10.5 Å². The van der Waals surface area contributed by atoms with Crippen molar-refractivity contribution >= 4 is 15.9 Å². The molecule has 0 spiro atoms. The molecule has 0 aliphatic carbocycles. The fourth-order valence-corrected chi connectivity index (χ4v) is 1.69. The highest BCUT2D eigenvalue weighted by Crippen LogP contribution is 2.32. The van der Waals surface area contributed by atoms with Crippen LogP contribution in [0.3, 0.4) is 0 Å². The van der Waals surface area contributed by atoms with Gasteiger partial charge in [0.2, 0.25) is 0 Å². The van der Waals surface area contributed by atoms with Gasteiger partial charge in [0, 0.05) is 6.04 Å². The maximum Gasteiger partial charge on any atom is 0.130 e. The van der Waals surface area contributed by atoms with Gasteiger partial charge in [-0.25, -0.2) is 0 Å². The molecule has 4 heteroatoms. The minimum atomic E-state index is 0.245. The summed E-state index contributed by atoms with van der Waals surface area (Å²) >= 11 is 3.26. The molecule has 2 N–H and O–H groups in total. The van der Waals surface area contributed by atoms with Crippen LogP contribution in [0.5, 0.6) is 11.5 Å². The van der Waals surface area contributed by atoms with E-state index in [1.54, 1.807) is 19.2 Å². The predicted molar refractivity (Wildman–Crippen MR) is 64.6 cm³/mol. The van der Waals surface area contributed by atoms with Crippen LogP contribution in [0.2, 0.25) is 0 Å². The van der Waals surface area contributed by atoms with Crippen molar-refractivity contribution in [3.05, 3.63) is 22.2 Å². The first-order valence-corrected chi connectivity index (χ1v) is 5.60. The number of halogens is 1. The molecule has 0 heterocycles. The van der Waals surface area contributed by atoms with Gasteiger partial charge in [-0.2, -0.15) is 0 Å². The van der Waals surface area contributed by atoms with Crippen LogP contribution in [-0.4, -0.2) is 25.3 Å². The molecule has 0 aromatic heterocycles. The molecule has 0 bridgehead atoms. The maximum absolute atomic E-state index is 9.58. The lowest BCUT2D eigenvalue weighted by Gasteiger charge is -2.14. The Bertz CT molecular complexity index is 342. The van der Waals surface area contributed by atoms with Crippen molar-refractivity contribution in [1.82, 2.24) is 5.32 Å². The molecule has 0 radical (unpaired) electrons. The standard InChI is InChI=1S/C11H16BrNO2/c1-7(13-2)4-8-5-10(14)9(12)6-11(8)15-3/h5-7,13-14H,4H2,1-3H3. The van der Waals surface area contributed by atoms with E-state index in [1.807, 2.05) is 7.05 Å². The number of aromatic hydroxyl groups is 1. The fraction of sp³-hybridized carbons (Fsp3) is 0.455. The Balaban J connectivity index is 2.99. The molecular weight excluding hydrogens is 258 g/mol. The van der Waals surface area contributed by atoms with Gasteiger partial charge in [0.1, 0.15) is 11.5 Å². The molecule has 1 rings (SSSR count). The van der Waals surface area contributed by atoms with Gasteiger partial charge in [-0.05, 0) is 54.0 Å². The van der Waals surface area contributed by atoms with E-state index < -0.39 is 0 Å². The van der Waals surface area contributed by atoms with Gasteiger partial charge in [0.05, 0.1) is 11.6 Å². The summed E-state index contributed by atoms with van der Waals surface area (Å²) in [5, 5.41) is 12.7. The molecule has 1 aromatic carbocycles. The van der Waals surface area contributed by atoms with Crippen LogP contribution in [0.4, 0.5) is 0 Å². The van der Waals surface area contributed by atoms with Crippen molar-refractivity contribution in [2.24, 2.45) is 0 Å². The van der Waals surface area contributed by atoms with Gasteiger partial charge in [-0.15, -0.1) is 0 Å². The summed E-state index contributed by atoms with van der Waals surface area (Å²) in [5.41, 5.74) is 1.00. The molecule has 0 fully saturated rings. The van der Waals surface area contributed by atoms with Crippen LogP contribution in [0.15, 0.2) is 16.6 Å². The zero-order valence-corrected chi connectivity index (χ0v) is 10.8. The van der Waals surface area contributed by atoms with Crippen LogP contribution in [0.1, 0.15) is 12.5 Å². The summed E-state index contributed by atoms with van der Waals surface area (Å²) in [7, 11) is 3.54. The third kappa shape index (κ3) is 3.11. The Morgan fingerprint density at radius 3 is 2.73 bits per heavy atom. The van der Waals surface area contributed by atoms with Crippen molar-refractivity contribution in [3.63, 3.8) is 0 Å². The lowest BCUT2D eigenvalue weighted by Crippen LogP contribution is -2.23. The molecular formula is C11H16BrNO2. The van der Waals surface area contributed by atoms with Crippen LogP contribution >= 0.6 is 15.9 Å². The van der Waals surface area contributed by atoms with Crippen molar-refractivity contribution in [1.29, 1.82) is 0 Å². The summed E-state index contributed by atoms with van der Waals surface area (Å²) in [6, 6.07) is 3.86. The molecule has 0 aliphatic rings. The number of methoxy groups -OCH3 is 1. The van der Waals surface area contributed by atoms with E-state index in [-0.39, 0.29) is 5.75 Å². The third-order valence-corrected chi connectivity index (χ3v) is 3.00. The lowest BCUT2D eigenvalue weighted by atomic mass is 10.1. The van der Waals surface area contributed by atoms with Crippen LogP contribution in [0.25, 0.3) is 0 Å². The van der Waals surface area contributed by atoms with Crippen molar-refractivity contribution in [2.75, 3.05) is 14.2 Å². The van der Waals surface area contributed by atoms with Gasteiger partial charge in [-0.1, -0.05) is 0 Å². The van der Waals surface area contributed by atoms with Crippen molar-refractivity contribution in [3.8, 4) is 11.5 Å². The van der Waals surface area contributed by atoms with E-state index in [9.17, 15) is 5.11 Å². The molecule has 1 unspecified atom stereocenters. The second kappa shape index (κ2) is 5.37. The number of phenols is 1. The molecule has 0 aliphatic heterocycles. The second-order valence-electron chi connectivity index (χ2n) is 3.51. The predicted octanol–water partition coefficient (Wildman–Crippen LogP) is 2.31. The Kier molecular flexibility index (Phi) is 4.42. The Morgan fingerprint density at radius 2 is 2.20 bits per heavy atom. The minimum Gasteiger partial charge on any atom is -0.507 e. The highest BCUT2D eigenvalue weighted by molar-refractivity contribution is 9.10. The summed E-state index contributed by atoms with van der Waals surface area (Å²) < 4.78 is 5.91. The summed E-state index contributed by atoms with van der Waals surface area (Å²) in [5.74, 6) is 1.04. The molecule has 1 aromatic rings. The molecule has 84 valence electrons. The average molecular weight is 274 g/mol. The quantitative estimate of drug-likeness (QED) is 0.885. The third-order valence-electron chi connectivity index (χ3n) is 2.37. The van der Waals surface area contributed by atoms with Crippen LogP contribution < -0.4 is 10.1 Å². The molecule has 1 atom stereocenters. The van der Waals surface area contributed by atoms with Gasteiger partial charge < -0.3 is 15.2 Å². The lowest BCUT2D eigenvalue weighted by molar-refractivity contribution is 0.403. The fourth-order valence-electron chi connectivity index (χ4n) is 1.37. The number of ether oxygens (including phenoxy) is 1. The first kappa shape index (κ1) is 12.3. The summed E-state index contributed by atoms with van der Waals surface area (Å²) in [6.45, 7) is 2.08. The number of rotatable bonds is 4. The minimum absolute atomic E-state index is 0.245. The zero-order valence-electron chi connectivity index (χ0n) is 9.17. The Hall–Kier alpha value is -0.740. The normalized spacial score (nSPS) is 12.5. The topological polar surface area (TPSA) is 41.5 Å². The smallest absolute Gasteiger partial charge is 0.130 e. The highest BCUT2D eigenvalue weighted by atomic mass is 79.9. The molecule has 0 saturated heterocycles. The SMILES string of the molecule is CNC(C)Cc1cc(O)c(Br)cc1OC. The zero-order chi connectivity index (χ0) is 11.4. The Labute approximate surface area is 98.6 Å². The molecule has 0 saturated carbocycles. The number of nitrogens with one attached hydrogen (secondary N) is 1. The van der Waals surface area contributed by atoms with E-state index in [1.165, 1.54) is 0 Å². The van der Waals surface area contributed by atoms with E-state index >= 15 is 0 Å². The van der Waals surface area contributed by atoms with Crippen molar-refractivity contribution in [2.45, 2.75) is 19.4 Å². The average Bonchev–Trinajstić information content (AvgIpc) is 2.22. The van der Waals surface area contributed by atoms with Crippen LogP contribution in [0, 0.1) is 0 Å². The number of hydrogen-bond donors (Lipinski definition) is 2. The van der Waals surface area contributed by atoms with E-state index in [0.717, 1.165) is 17.7 Å². The molecule has 3 nitrogen and oxygen atoms in total. The van der Waals surface area contributed by atoms with E-state index in [2.05, 4.69) is 28.2 Å². The van der Waals surface area contributed by atoms with Crippen molar-refractivity contribution < 1.29 is 9.84 Å². The summed E-state index contributed by atoms with van der Waals surface area (Å²) in [6.07, 6.45) is 0.820. The number of hydrogen-bond acceptors (Lipinski definition) is 3. The number of likely N-dealkylation sites (N-methyl/N-ethyl adjacent to an activating group) is 1. The first-order chi connectivity index (χ1) is 7.08.